The molecule has 0 radical (unpaired) electrons. The summed E-state index contributed by atoms with van der Waals surface area (Å²) in [7, 11) is 0. The lowest BCUT2D eigenvalue weighted by atomic mass is 9.97. The first-order valence-electron chi connectivity index (χ1n) is 11.1. The molecule has 2 aliphatic rings. The Balaban J connectivity index is 1.44. The van der Waals surface area contributed by atoms with Crippen LogP contribution in [0, 0.1) is 5.92 Å². The topological polar surface area (TPSA) is 56.4 Å². The molecular weight excluding hydrogens is 386 g/mol. The number of benzene rings is 2. The van der Waals surface area contributed by atoms with Crippen LogP contribution in [0.25, 0.3) is 16.5 Å². The van der Waals surface area contributed by atoms with E-state index in [2.05, 4.69) is 22.9 Å². The lowest BCUT2D eigenvalue weighted by molar-refractivity contribution is -0.137. The largest absolute Gasteiger partial charge is 0.366 e. The van der Waals surface area contributed by atoms with Crippen molar-refractivity contribution >= 4 is 28.3 Å². The van der Waals surface area contributed by atoms with Gasteiger partial charge >= 0.3 is 0 Å². The van der Waals surface area contributed by atoms with Gasteiger partial charge in [-0.1, -0.05) is 55.5 Å². The van der Waals surface area contributed by atoms with E-state index in [-0.39, 0.29) is 11.8 Å². The first-order valence-corrected chi connectivity index (χ1v) is 11.1. The molecule has 158 valence electrons. The van der Waals surface area contributed by atoms with Crippen molar-refractivity contribution in [2.45, 2.75) is 26.2 Å². The van der Waals surface area contributed by atoms with Crippen molar-refractivity contribution in [2.75, 3.05) is 19.6 Å². The molecule has 0 spiro atoms. The number of piperidine rings is 1. The van der Waals surface area contributed by atoms with Crippen molar-refractivity contribution in [3.05, 3.63) is 77.6 Å². The van der Waals surface area contributed by atoms with E-state index in [1.807, 2.05) is 54.7 Å². The molecule has 0 bridgehead atoms. The van der Waals surface area contributed by atoms with Gasteiger partial charge in [-0.25, -0.2) is 0 Å². The predicted octanol–water partition coefficient (Wildman–Crippen LogP) is 4.22. The summed E-state index contributed by atoms with van der Waals surface area (Å²) in [5, 5.41) is 1.14. The van der Waals surface area contributed by atoms with Crippen molar-refractivity contribution in [1.82, 2.24) is 14.8 Å². The summed E-state index contributed by atoms with van der Waals surface area (Å²) in [6.07, 6.45) is 4.70. The van der Waals surface area contributed by atoms with Gasteiger partial charge in [-0.15, -0.1) is 0 Å². The molecule has 3 heterocycles. The van der Waals surface area contributed by atoms with E-state index in [1.54, 1.807) is 0 Å². The zero-order valence-electron chi connectivity index (χ0n) is 17.8. The molecule has 31 heavy (non-hydrogen) atoms. The molecular formula is C26H27N3O2. The van der Waals surface area contributed by atoms with Gasteiger partial charge in [-0.3, -0.25) is 14.5 Å². The third-order valence-electron chi connectivity index (χ3n) is 6.59. The zero-order chi connectivity index (χ0) is 21.4. The number of hydrogen-bond acceptors (Lipinski definition) is 3. The number of rotatable bonds is 5. The zero-order valence-corrected chi connectivity index (χ0v) is 17.8. The molecule has 0 atom stereocenters. The predicted molar refractivity (Wildman–Crippen MR) is 122 cm³/mol. The maximum absolute atomic E-state index is 13.5. The van der Waals surface area contributed by atoms with E-state index in [1.165, 1.54) is 4.90 Å². The van der Waals surface area contributed by atoms with Crippen LogP contribution in [0.15, 0.2) is 66.5 Å². The van der Waals surface area contributed by atoms with Crippen LogP contribution >= 0.6 is 0 Å². The Bertz CT molecular complexity index is 1150. The Labute approximate surface area is 182 Å². The number of nitrogens with zero attached hydrogens (tertiary/aromatic N) is 2. The summed E-state index contributed by atoms with van der Waals surface area (Å²) in [4.78, 5) is 33.8. The summed E-state index contributed by atoms with van der Waals surface area (Å²) < 4.78 is 0. The fourth-order valence-corrected chi connectivity index (χ4v) is 4.73. The smallest absolute Gasteiger partial charge is 0.277 e. The number of imide groups is 1. The number of amides is 2. The molecule has 3 aromatic rings. The van der Waals surface area contributed by atoms with Crippen molar-refractivity contribution in [3.63, 3.8) is 0 Å². The third kappa shape index (κ3) is 3.54. The molecule has 2 aliphatic heterocycles. The fourth-order valence-electron chi connectivity index (χ4n) is 4.73. The van der Waals surface area contributed by atoms with Gasteiger partial charge in [-0.2, -0.15) is 0 Å². The second kappa shape index (κ2) is 8.06. The first kappa shape index (κ1) is 19.6. The highest BCUT2D eigenvalue weighted by atomic mass is 16.2. The van der Waals surface area contributed by atoms with Gasteiger partial charge in [0.2, 0.25) is 0 Å². The molecule has 0 aliphatic carbocycles. The van der Waals surface area contributed by atoms with E-state index in [0.717, 1.165) is 48.0 Å². The van der Waals surface area contributed by atoms with E-state index < -0.39 is 0 Å². The van der Waals surface area contributed by atoms with Gasteiger partial charge in [0.25, 0.3) is 11.8 Å². The van der Waals surface area contributed by atoms with Gasteiger partial charge in [0.05, 0.1) is 5.57 Å². The maximum Gasteiger partial charge on any atom is 0.277 e. The number of aromatic amines is 1. The molecule has 0 unspecified atom stereocenters. The van der Waals surface area contributed by atoms with Gasteiger partial charge in [0, 0.05) is 36.7 Å². The number of nitrogens with one attached hydrogen (secondary N) is 1. The van der Waals surface area contributed by atoms with Gasteiger partial charge in [0.1, 0.15) is 5.70 Å². The van der Waals surface area contributed by atoms with Crippen LogP contribution in [0.4, 0.5) is 0 Å². The summed E-state index contributed by atoms with van der Waals surface area (Å²) in [6, 6.07) is 17.7. The van der Waals surface area contributed by atoms with Crippen LogP contribution in [0.3, 0.4) is 0 Å². The van der Waals surface area contributed by atoms with Gasteiger partial charge in [-0.05, 0) is 42.4 Å². The minimum atomic E-state index is -0.176. The van der Waals surface area contributed by atoms with Gasteiger partial charge in [0.15, 0.2) is 0 Å². The fraction of sp³-hybridized carbons (Fsp3) is 0.308. The van der Waals surface area contributed by atoms with Crippen molar-refractivity contribution in [2.24, 2.45) is 5.92 Å². The highest BCUT2D eigenvalue weighted by molar-refractivity contribution is 6.35. The van der Waals surface area contributed by atoms with Crippen LogP contribution in [0.1, 0.15) is 30.9 Å². The van der Waals surface area contributed by atoms with Crippen molar-refractivity contribution in [3.8, 4) is 0 Å². The summed E-state index contributed by atoms with van der Waals surface area (Å²) in [5.41, 5.74) is 4.16. The van der Waals surface area contributed by atoms with E-state index >= 15 is 0 Å². The second-order valence-corrected chi connectivity index (χ2v) is 8.63. The molecule has 1 aromatic heterocycles. The number of carbonyl (C=O) groups excluding carboxylic acids is 2. The van der Waals surface area contributed by atoms with Crippen LogP contribution in [-0.4, -0.2) is 46.2 Å². The monoisotopic (exact) mass is 413 g/mol. The number of para-hydroxylation sites is 1. The molecule has 2 amide bonds. The average Bonchev–Trinajstić information content (AvgIpc) is 3.32. The minimum absolute atomic E-state index is 0.154. The Morgan fingerprint density at radius 2 is 1.65 bits per heavy atom. The van der Waals surface area contributed by atoms with E-state index in [9.17, 15) is 9.59 Å². The molecule has 5 rings (SSSR count). The highest BCUT2D eigenvalue weighted by Crippen LogP contribution is 2.34. The molecule has 1 N–H and O–H groups in total. The minimum Gasteiger partial charge on any atom is -0.366 e. The Morgan fingerprint density at radius 1 is 0.935 bits per heavy atom. The summed E-state index contributed by atoms with van der Waals surface area (Å²) >= 11 is 0. The molecule has 1 fully saturated rings. The lowest BCUT2D eigenvalue weighted by Gasteiger charge is -2.32. The summed E-state index contributed by atoms with van der Waals surface area (Å²) in [5.74, 6) is 0.324. The number of likely N-dealkylation sites (tertiary alicyclic amines) is 1. The van der Waals surface area contributed by atoms with Crippen LogP contribution in [-0.2, 0) is 16.0 Å². The molecule has 2 aromatic carbocycles. The SMILES string of the molecule is CC1CCN(C2=C(c3ccccc3)C(=O)N(CCc3c[nH]c4ccccc34)C2=O)CC1. The van der Waals surface area contributed by atoms with Crippen LogP contribution in [0.5, 0.6) is 0 Å². The lowest BCUT2D eigenvalue weighted by Crippen LogP contribution is -2.39. The highest BCUT2D eigenvalue weighted by Gasteiger charge is 2.41. The molecule has 1 saturated heterocycles. The van der Waals surface area contributed by atoms with Crippen molar-refractivity contribution in [1.29, 1.82) is 0 Å². The third-order valence-corrected chi connectivity index (χ3v) is 6.59. The van der Waals surface area contributed by atoms with Crippen LogP contribution < -0.4 is 0 Å². The van der Waals surface area contributed by atoms with Gasteiger partial charge < -0.3 is 9.88 Å². The quantitative estimate of drug-likeness (QED) is 0.637. The standard InChI is InChI=1S/C26H27N3O2/c1-18-11-14-28(15-12-18)24-23(19-7-3-2-4-8-19)25(30)29(26(24)31)16-13-20-17-27-22-10-6-5-9-21(20)22/h2-10,17-18,27H,11-16H2,1H3. The molecule has 0 saturated carbocycles. The van der Waals surface area contributed by atoms with E-state index in [4.69, 9.17) is 0 Å². The number of aromatic nitrogens is 1. The summed E-state index contributed by atoms with van der Waals surface area (Å²) in [6.45, 7) is 4.27. The number of carbonyl (C=O) groups is 2. The number of fused-ring (bicyclic) bond motifs is 1. The first-order chi connectivity index (χ1) is 15.1. The number of H-pyrrole nitrogens is 1. The van der Waals surface area contributed by atoms with Crippen molar-refractivity contribution < 1.29 is 9.59 Å². The maximum atomic E-state index is 13.5. The Kier molecular flexibility index (Phi) is 5.10. The molecule has 5 nitrogen and oxygen atoms in total. The second-order valence-electron chi connectivity index (χ2n) is 8.63. The molecule has 5 heteroatoms. The van der Waals surface area contributed by atoms with E-state index in [0.29, 0.717) is 30.2 Å². The Morgan fingerprint density at radius 3 is 2.42 bits per heavy atom. The van der Waals surface area contributed by atoms with Crippen LogP contribution in [0.2, 0.25) is 0 Å². The Hall–Kier alpha value is -3.34. The number of hydrogen-bond donors (Lipinski definition) is 1. The average molecular weight is 414 g/mol. The normalized spacial score (nSPS) is 18.0.